The topological polar surface area (TPSA) is 122 Å². The van der Waals surface area contributed by atoms with E-state index in [9.17, 15) is 18.0 Å². The zero-order chi connectivity index (χ0) is 12.8. The molecular formula is C7H14N2O6S. The SMILES string of the molecule is COC(=O)NS(=O)(=O)NCCC(C)C(=O)O. The van der Waals surface area contributed by atoms with Crippen LogP contribution < -0.4 is 9.44 Å². The molecule has 0 rings (SSSR count). The van der Waals surface area contributed by atoms with Gasteiger partial charge in [0.05, 0.1) is 13.0 Å². The molecule has 0 aromatic carbocycles. The van der Waals surface area contributed by atoms with Gasteiger partial charge in [0, 0.05) is 6.54 Å². The van der Waals surface area contributed by atoms with Crippen LogP contribution in [0.5, 0.6) is 0 Å². The number of nitrogens with one attached hydrogen (secondary N) is 2. The van der Waals surface area contributed by atoms with Crippen molar-refractivity contribution in [2.24, 2.45) is 5.92 Å². The lowest BCUT2D eigenvalue weighted by atomic mass is 10.1. The summed E-state index contributed by atoms with van der Waals surface area (Å²) in [6.07, 6.45) is -0.990. The van der Waals surface area contributed by atoms with Crippen LogP contribution in [-0.2, 0) is 19.7 Å². The molecule has 9 heteroatoms. The molecule has 0 heterocycles. The molecule has 0 saturated heterocycles. The van der Waals surface area contributed by atoms with Crippen molar-refractivity contribution in [1.82, 2.24) is 9.44 Å². The Morgan fingerprint density at radius 1 is 1.44 bits per heavy atom. The Hall–Kier alpha value is -1.35. The van der Waals surface area contributed by atoms with Gasteiger partial charge >= 0.3 is 22.3 Å². The normalized spacial score (nSPS) is 12.9. The number of carboxylic acids is 1. The number of carboxylic acid groups (broad SMARTS) is 1. The number of carbonyl (C=O) groups is 2. The molecule has 0 aromatic heterocycles. The van der Waals surface area contributed by atoms with E-state index in [0.29, 0.717) is 0 Å². The average Bonchev–Trinajstić information content (AvgIpc) is 2.16. The first-order chi connectivity index (χ1) is 7.28. The number of rotatable bonds is 6. The fraction of sp³-hybridized carbons (Fsp3) is 0.714. The van der Waals surface area contributed by atoms with E-state index in [4.69, 9.17) is 5.11 Å². The second-order valence-corrected chi connectivity index (χ2v) is 4.52. The van der Waals surface area contributed by atoms with E-state index in [1.165, 1.54) is 6.92 Å². The molecule has 94 valence electrons. The Morgan fingerprint density at radius 3 is 2.44 bits per heavy atom. The van der Waals surface area contributed by atoms with Crippen molar-refractivity contribution in [3.63, 3.8) is 0 Å². The molecule has 0 saturated carbocycles. The van der Waals surface area contributed by atoms with Crippen LogP contribution >= 0.6 is 0 Å². The van der Waals surface area contributed by atoms with Crippen molar-refractivity contribution in [3.05, 3.63) is 0 Å². The first-order valence-corrected chi connectivity index (χ1v) is 5.85. The molecule has 0 spiro atoms. The minimum Gasteiger partial charge on any atom is -0.481 e. The van der Waals surface area contributed by atoms with Crippen molar-refractivity contribution in [2.75, 3.05) is 13.7 Å². The van der Waals surface area contributed by atoms with Crippen LogP contribution in [0.2, 0.25) is 0 Å². The number of hydrogen-bond donors (Lipinski definition) is 3. The van der Waals surface area contributed by atoms with Crippen LogP contribution in [0.3, 0.4) is 0 Å². The van der Waals surface area contributed by atoms with Gasteiger partial charge in [0.25, 0.3) is 0 Å². The van der Waals surface area contributed by atoms with E-state index in [0.717, 1.165) is 7.11 Å². The Bertz CT molecular complexity index is 352. The fourth-order valence-corrected chi connectivity index (χ4v) is 1.48. The average molecular weight is 254 g/mol. The van der Waals surface area contributed by atoms with Crippen LogP contribution in [0.25, 0.3) is 0 Å². The Balaban J connectivity index is 4.01. The molecule has 0 aliphatic rings. The number of methoxy groups -OCH3 is 1. The van der Waals surface area contributed by atoms with Crippen molar-refractivity contribution in [1.29, 1.82) is 0 Å². The monoisotopic (exact) mass is 254 g/mol. The number of carbonyl (C=O) groups excluding carboxylic acids is 1. The maximum Gasteiger partial charge on any atom is 0.421 e. The summed E-state index contributed by atoms with van der Waals surface area (Å²) in [6.45, 7) is 1.37. The van der Waals surface area contributed by atoms with Crippen LogP contribution in [0.15, 0.2) is 0 Å². The third-order valence-electron chi connectivity index (χ3n) is 1.69. The third kappa shape index (κ3) is 6.19. The van der Waals surface area contributed by atoms with Gasteiger partial charge in [0.1, 0.15) is 0 Å². The summed E-state index contributed by atoms with van der Waals surface area (Å²) in [5, 5.41) is 8.53. The molecule has 0 fully saturated rings. The molecule has 3 N–H and O–H groups in total. The second-order valence-electron chi connectivity index (χ2n) is 3.02. The molecule has 0 bridgehead atoms. The molecule has 8 nitrogen and oxygen atoms in total. The Labute approximate surface area is 93.2 Å². The van der Waals surface area contributed by atoms with Crippen molar-refractivity contribution in [3.8, 4) is 0 Å². The highest BCUT2D eigenvalue weighted by molar-refractivity contribution is 7.88. The first-order valence-electron chi connectivity index (χ1n) is 4.36. The zero-order valence-corrected chi connectivity index (χ0v) is 9.70. The van der Waals surface area contributed by atoms with Gasteiger partial charge in [0.15, 0.2) is 0 Å². The molecule has 1 amide bonds. The molecule has 0 aliphatic carbocycles. The van der Waals surface area contributed by atoms with E-state index in [1.54, 1.807) is 4.72 Å². The lowest BCUT2D eigenvalue weighted by Gasteiger charge is -2.08. The summed E-state index contributed by atoms with van der Waals surface area (Å²) < 4.78 is 29.8. The van der Waals surface area contributed by atoms with Crippen LogP contribution in [-0.4, -0.2) is 39.2 Å². The zero-order valence-electron chi connectivity index (χ0n) is 8.89. The van der Waals surface area contributed by atoms with Crippen molar-refractivity contribution >= 4 is 22.3 Å². The summed E-state index contributed by atoms with van der Waals surface area (Å²) in [4.78, 5) is 21.0. The molecule has 0 aliphatic heterocycles. The Kier molecular flexibility index (Phi) is 5.75. The first kappa shape index (κ1) is 14.6. The van der Waals surface area contributed by atoms with Gasteiger partial charge in [-0.05, 0) is 6.42 Å². The Morgan fingerprint density at radius 2 is 2.00 bits per heavy atom. The van der Waals surface area contributed by atoms with Gasteiger partial charge in [-0.1, -0.05) is 6.92 Å². The molecule has 1 unspecified atom stereocenters. The van der Waals surface area contributed by atoms with Gasteiger partial charge in [-0.2, -0.15) is 13.1 Å². The predicted molar refractivity (Wildman–Crippen MR) is 53.9 cm³/mol. The summed E-state index contributed by atoms with van der Waals surface area (Å²) in [5.41, 5.74) is 0. The number of amides is 1. The summed E-state index contributed by atoms with van der Waals surface area (Å²) >= 11 is 0. The van der Waals surface area contributed by atoms with Crippen LogP contribution in [0.1, 0.15) is 13.3 Å². The number of aliphatic carboxylic acids is 1. The molecule has 16 heavy (non-hydrogen) atoms. The van der Waals surface area contributed by atoms with E-state index in [-0.39, 0.29) is 13.0 Å². The van der Waals surface area contributed by atoms with Crippen LogP contribution in [0, 0.1) is 5.92 Å². The minimum absolute atomic E-state index is 0.0835. The maximum atomic E-state index is 11.1. The smallest absolute Gasteiger partial charge is 0.421 e. The second kappa shape index (κ2) is 6.28. The highest BCUT2D eigenvalue weighted by atomic mass is 32.2. The van der Waals surface area contributed by atoms with Gasteiger partial charge in [0.2, 0.25) is 0 Å². The summed E-state index contributed by atoms with van der Waals surface area (Å²) in [6, 6.07) is 0. The van der Waals surface area contributed by atoms with Gasteiger partial charge < -0.3 is 9.84 Å². The van der Waals surface area contributed by atoms with E-state index in [1.807, 2.05) is 4.72 Å². The van der Waals surface area contributed by atoms with E-state index >= 15 is 0 Å². The van der Waals surface area contributed by atoms with Gasteiger partial charge in [-0.15, -0.1) is 0 Å². The largest absolute Gasteiger partial charge is 0.481 e. The predicted octanol–water partition coefficient (Wildman–Crippen LogP) is -0.712. The van der Waals surface area contributed by atoms with Gasteiger partial charge in [-0.25, -0.2) is 9.52 Å². The van der Waals surface area contributed by atoms with Crippen LogP contribution in [0.4, 0.5) is 4.79 Å². The standard InChI is InChI=1S/C7H14N2O6S/c1-5(6(10)11)3-4-8-16(13,14)9-7(12)15-2/h5,8H,3-4H2,1-2H3,(H,9,12)(H,10,11). The van der Waals surface area contributed by atoms with E-state index < -0.39 is 28.2 Å². The summed E-state index contributed by atoms with van der Waals surface area (Å²) in [7, 11) is -2.96. The minimum atomic E-state index is -3.98. The van der Waals surface area contributed by atoms with Gasteiger partial charge in [-0.3, -0.25) is 4.79 Å². The number of hydrogen-bond acceptors (Lipinski definition) is 5. The third-order valence-corrected chi connectivity index (χ3v) is 2.71. The molecule has 0 radical (unpaired) electrons. The highest BCUT2D eigenvalue weighted by Gasteiger charge is 2.16. The summed E-state index contributed by atoms with van der Waals surface area (Å²) in [5.74, 6) is -1.68. The lowest BCUT2D eigenvalue weighted by Crippen LogP contribution is -2.41. The molecule has 1 atom stereocenters. The quantitative estimate of drug-likeness (QED) is 0.575. The van der Waals surface area contributed by atoms with Crippen molar-refractivity contribution < 1.29 is 27.9 Å². The molecular weight excluding hydrogens is 240 g/mol. The maximum absolute atomic E-state index is 11.1. The lowest BCUT2D eigenvalue weighted by molar-refractivity contribution is -0.141. The number of ether oxygens (including phenoxy) is 1. The van der Waals surface area contributed by atoms with Crippen molar-refractivity contribution in [2.45, 2.75) is 13.3 Å². The molecule has 0 aromatic rings. The van der Waals surface area contributed by atoms with E-state index in [2.05, 4.69) is 4.74 Å². The highest BCUT2D eigenvalue weighted by Crippen LogP contribution is 1.99. The fourth-order valence-electron chi connectivity index (χ4n) is 0.721.